The Balaban J connectivity index is 2.05. The van der Waals surface area contributed by atoms with Gasteiger partial charge < -0.3 is 19.9 Å². The summed E-state index contributed by atoms with van der Waals surface area (Å²) in [7, 11) is 3.25. The molecule has 0 radical (unpaired) electrons. The van der Waals surface area contributed by atoms with Crippen molar-refractivity contribution in [1.82, 2.24) is 0 Å². The van der Waals surface area contributed by atoms with Crippen molar-refractivity contribution in [3.05, 3.63) is 53.8 Å². The highest BCUT2D eigenvalue weighted by Gasteiger charge is 2.16. The minimum absolute atomic E-state index is 0.0635. The molecular formula is C18H22FNO3. The van der Waals surface area contributed by atoms with Crippen LogP contribution in [0.1, 0.15) is 17.9 Å². The average molecular weight is 319 g/mol. The Kier molecular flexibility index (Phi) is 6.23. The second kappa shape index (κ2) is 8.39. The van der Waals surface area contributed by atoms with Gasteiger partial charge in [-0.1, -0.05) is 6.07 Å². The third-order valence-corrected chi connectivity index (χ3v) is 3.69. The van der Waals surface area contributed by atoms with E-state index in [0.717, 1.165) is 17.1 Å². The molecule has 0 aliphatic rings. The van der Waals surface area contributed by atoms with Crippen LogP contribution in [0.2, 0.25) is 0 Å². The molecule has 5 heteroatoms. The molecule has 1 unspecified atom stereocenters. The number of nitrogens with two attached hydrogens (primary N) is 1. The minimum atomic E-state index is -0.313. The highest BCUT2D eigenvalue weighted by atomic mass is 19.1. The van der Waals surface area contributed by atoms with Crippen molar-refractivity contribution in [3.63, 3.8) is 0 Å². The predicted octanol–water partition coefficient (Wildman–Crippen LogP) is 3.35. The smallest absolute Gasteiger partial charge is 0.126 e. The number of halogens is 1. The lowest BCUT2D eigenvalue weighted by molar-refractivity contribution is 0.295. The summed E-state index contributed by atoms with van der Waals surface area (Å²) in [5.41, 5.74) is 6.90. The van der Waals surface area contributed by atoms with Crippen molar-refractivity contribution in [1.29, 1.82) is 0 Å². The lowest BCUT2D eigenvalue weighted by atomic mass is 9.95. The van der Waals surface area contributed by atoms with Crippen molar-refractivity contribution in [2.24, 2.45) is 5.73 Å². The van der Waals surface area contributed by atoms with Gasteiger partial charge in [-0.2, -0.15) is 0 Å². The van der Waals surface area contributed by atoms with Crippen LogP contribution in [-0.2, 0) is 0 Å². The maximum absolute atomic E-state index is 13.1. The second-order valence-electron chi connectivity index (χ2n) is 5.14. The number of rotatable bonds is 8. The van der Waals surface area contributed by atoms with Gasteiger partial charge in [-0.3, -0.25) is 0 Å². The van der Waals surface area contributed by atoms with Gasteiger partial charge in [0.2, 0.25) is 0 Å². The minimum Gasteiger partial charge on any atom is -0.497 e. The van der Waals surface area contributed by atoms with Gasteiger partial charge in [-0.15, -0.1) is 0 Å². The molecule has 1 atom stereocenters. The fraction of sp³-hybridized carbons (Fsp3) is 0.333. The van der Waals surface area contributed by atoms with Gasteiger partial charge in [0.05, 0.1) is 20.8 Å². The molecule has 2 aromatic rings. The van der Waals surface area contributed by atoms with Crippen LogP contribution in [0.25, 0.3) is 0 Å². The van der Waals surface area contributed by atoms with E-state index >= 15 is 0 Å². The van der Waals surface area contributed by atoms with E-state index in [9.17, 15) is 4.39 Å². The third-order valence-electron chi connectivity index (χ3n) is 3.69. The van der Waals surface area contributed by atoms with E-state index in [0.29, 0.717) is 25.3 Å². The number of ether oxygens (including phenoxy) is 3. The Hall–Kier alpha value is -2.27. The van der Waals surface area contributed by atoms with E-state index in [4.69, 9.17) is 19.9 Å². The van der Waals surface area contributed by atoms with E-state index in [1.165, 1.54) is 12.1 Å². The van der Waals surface area contributed by atoms with E-state index in [1.54, 1.807) is 26.4 Å². The normalized spacial score (nSPS) is 11.8. The van der Waals surface area contributed by atoms with E-state index in [-0.39, 0.29) is 11.7 Å². The number of methoxy groups -OCH3 is 2. The first-order valence-electron chi connectivity index (χ1n) is 7.48. The monoisotopic (exact) mass is 319 g/mol. The van der Waals surface area contributed by atoms with Crippen LogP contribution in [0.4, 0.5) is 4.39 Å². The van der Waals surface area contributed by atoms with Crippen LogP contribution in [0.15, 0.2) is 42.5 Å². The summed E-state index contributed by atoms with van der Waals surface area (Å²) < 4.78 is 29.4. The highest BCUT2D eigenvalue weighted by molar-refractivity contribution is 5.42. The zero-order chi connectivity index (χ0) is 16.7. The summed E-state index contributed by atoms with van der Waals surface area (Å²) in [6.45, 7) is 0.891. The molecule has 0 bridgehead atoms. The molecule has 0 aromatic heterocycles. The SMILES string of the molecule is COc1ccc(OC)c(C(CN)CCOc2cccc(F)c2)c1. The van der Waals surface area contributed by atoms with Gasteiger partial charge in [-0.05, 0) is 43.3 Å². The molecule has 0 spiro atoms. The zero-order valence-corrected chi connectivity index (χ0v) is 13.4. The van der Waals surface area contributed by atoms with Gasteiger partial charge in [0.1, 0.15) is 23.1 Å². The van der Waals surface area contributed by atoms with Crippen molar-refractivity contribution in [2.45, 2.75) is 12.3 Å². The van der Waals surface area contributed by atoms with Crippen LogP contribution in [0, 0.1) is 5.82 Å². The fourth-order valence-electron chi connectivity index (χ4n) is 2.43. The van der Waals surface area contributed by atoms with Crippen molar-refractivity contribution >= 4 is 0 Å². The van der Waals surface area contributed by atoms with Crippen LogP contribution in [0.5, 0.6) is 17.2 Å². The predicted molar refractivity (Wildman–Crippen MR) is 87.9 cm³/mol. The van der Waals surface area contributed by atoms with Crippen LogP contribution < -0.4 is 19.9 Å². The average Bonchev–Trinajstić information content (AvgIpc) is 2.58. The molecule has 2 N–H and O–H groups in total. The van der Waals surface area contributed by atoms with E-state index in [2.05, 4.69) is 0 Å². The third kappa shape index (κ3) is 4.60. The molecule has 2 rings (SSSR count). The highest BCUT2D eigenvalue weighted by Crippen LogP contribution is 2.32. The largest absolute Gasteiger partial charge is 0.497 e. The molecule has 0 amide bonds. The summed E-state index contributed by atoms with van der Waals surface area (Å²) >= 11 is 0. The number of benzene rings is 2. The van der Waals surface area contributed by atoms with Gasteiger partial charge >= 0.3 is 0 Å². The molecule has 124 valence electrons. The Morgan fingerprint density at radius 1 is 1.04 bits per heavy atom. The Morgan fingerprint density at radius 3 is 2.52 bits per heavy atom. The molecule has 4 nitrogen and oxygen atoms in total. The van der Waals surface area contributed by atoms with Gasteiger partial charge in [0.25, 0.3) is 0 Å². The first kappa shape index (κ1) is 17.1. The van der Waals surface area contributed by atoms with E-state index in [1.807, 2.05) is 18.2 Å². The lowest BCUT2D eigenvalue weighted by Crippen LogP contribution is -2.16. The summed E-state index contributed by atoms with van der Waals surface area (Å²) in [6, 6.07) is 11.7. The molecule has 0 fully saturated rings. The Morgan fingerprint density at radius 2 is 1.87 bits per heavy atom. The second-order valence-corrected chi connectivity index (χ2v) is 5.14. The Bertz CT molecular complexity index is 633. The molecule has 0 aliphatic carbocycles. The van der Waals surface area contributed by atoms with Crippen LogP contribution in [0.3, 0.4) is 0 Å². The number of hydrogen-bond donors (Lipinski definition) is 1. The van der Waals surface area contributed by atoms with Crippen LogP contribution >= 0.6 is 0 Å². The molecule has 23 heavy (non-hydrogen) atoms. The first-order chi connectivity index (χ1) is 11.2. The molecule has 0 saturated carbocycles. The zero-order valence-electron chi connectivity index (χ0n) is 13.4. The molecule has 0 saturated heterocycles. The maximum Gasteiger partial charge on any atom is 0.126 e. The van der Waals surface area contributed by atoms with Gasteiger partial charge in [-0.25, -0.2) is 4.39 Å². The summed E-state index contributed by atoms with van der Waals surface area (Å²) in [5.74, 6) is 1.79. The number of hydrogen-bond acceptors (Lipinski definition) is 4. The standard InChI is InChI=1S/C18H22FNO3/c1-21-15-6-7-18(22-2)17(11-15)13(12-20)8-9-23-16-5-3-4-14(19)10-16/h3-7,10-11,13H,8-9,12,20H2,1-2H3. The first-order valence-corrected chi connectivity index (χ1v) is 7.48. The Labute approximate surface area is 136 Å². The topological polar surface area (TPSA) is 53.7 Å². The molecule has 0 heterocycles. The molecule has 0 aliphatic heterocycles. The lowest BCUT2D eigenvalue weighted by Gasteiger charge is -2.19. The molecular weight excluding hydrogens is 297 g/mol. The summed E-state index contributed by atoms with van der Waals surface area (Å²) in [6.07, 6.45) is 0.691. The summed E-state index contributed by atoms with van der Waals surface area (Å²) in [4.78, 5) is 0. The fourth-order valence-corrected chi connectivity index (χ4v) is 2.43. The van der Waals surface area contributed by atoms with Crippen LogP contribution in [-0.4, -0.2) is 27.4 Å². The summed E-state index contributed by atoms with van der Waals surface area (Å²) in [5, 5.41) is 0. The van der Waals surface area contributed by atoms with Gasteiger partial charge in [0, 0.05) is 17.5 Å². The maximum atomic E-state index is 13.1. The quantitative estimate of drug-likeness (QED) is 0.810. The molecule has 2 aromatic carbocycles. The van der Waals surface area contributed by atoms with Crippen molar-refractivity contribution < 1.29 is 18.6 Å². The van der Waals surface area contributed by atoms with Crippen molar-refractivity contribution in [2.75, 3.05) is 27.4 Å². The van der Waals surface area contributed by atoms with Gasteiger partial charge in [0.15, 0.2) is 0 Å². The van der Waals surface area contributed by atoms with E-state index < -0.39 is 0 Å². The van der Waals surface area contributed by atoms with Crippen molar-refractivity contribution in [3.8, 4) is 17.2 Å².